The highest BCUT2D eigenvalue weighted by atomic mass is 16.3. The van der Waals surface area contributed by atoms with E-state index in [1.807, 2.05) is 12.1 Å². The Morgan fingerprint density at radius 2 is 2.00 bits per heavy atom. The molecule has 0 heterocycles. The average molecular weight is 191 g/mol. The van der Waals surface area contributed by atoms with Gasteiger partial charge in [0.15, 0.2) is 0 Å². The summed E-state index contributed by atoms with van der Waals surface area (Å²) < 4.78 is 0. The molecular weight excluding hydrogens is 178 g/mol. The molecule has 0 aliphatic heterocycles. The van der Waals surface area contributed by atoms with Crippen LogP contribution in [0.25, 0.3) is 0 Å². The number of aromatic hydroxyl groups is 1. The Balaban J connectivity index is 2.16. The fourth-order valence-electron chi connectivity index (χ4n) is 1.58. The van der Waals surface area contributed by atoms with Crippen LogP contribution in [0.4, 0.5) is 5.69 Å². The highest BCUT2D eigenvalue weighted by Crippen LogP contribution is 2.31. The quantitative estimate of drug-likeness (QED) is 0.734. The van der Waals surface area contributed by atoms with E-state index in [-0.39, 0.29) is 5.75 Å². The van der Waals surface area contributed by atoms with Gasteiger partial charge in [0.25, 0.3) is 0 Å². The second-order valence-corrected chi connectivity index (χ2v) is 3.57. The van der Waals surface area contributed by atoms with Crippen LogP contribution in [0.3, 0.4) is 0 Å². The van der Waals surface area contributed by atoms with Crippen molar-refractivity contribution >= 4 is 12.0 Å². The van der Waals surface area contributed by atoms with E-state index in [1.54, 1.807) is 12.1 Å². The smallest absolute Gasteiger partial charge is 0.139 e. The fourth-order valence-corrected chi connectivity index (χ4v) is 1.58. The summed E-state index contributed by atoms with van der Waals surface area (Å²) in [6, 6.07) is 7.50. The maximum absolute atomic E-state index is 10.5. The zero-order valence-electron chi connectivity index (χ0n) is 7.89. The molecule has 0 saturated heterocycles. The number of carbonyl (C=O) groups is 1. The summed E-state index contributed by atoms with van der Waals surface area (Å²) in [5, 5.41) is 9.13. The van der Waals surface area contributed by atoms with Crippen molar-refractivity contribution in [1.29, 1.82) is 0 Å². The third-order valence-corrected chi connectivity index (χ3v) is 2.44. The van der Waals surface area contributed by atoms with Crippen LogP contribution < -0.4 is 4.90 Å². The average Bonchev–Trinajstić information content (AvgIpc) is 2.99. The number of benzene rings is 1. The van der Waals surface area contributed by atoms with Gasteiger partial charge < -0.3 is 14.8 Å². The molecule has 1 aliphatic rings. The van der Waals surface area contributed by atoms with Gasteiger partial charge in [-0.25, -0.2) is 0 Å². The first kappa shape index (κ1) is 9.06. The molecule has 0 bridgehead atoms. The van der Waals surface area contributed by atoms with Gasteiger partial charge in [0.1, 0.15) is 12.0 Å². The maximum atomic E-state index is 10.5. The number of phenolic OH excluding ortho intramolecular Hbond substituents is 1. The number of hydrogen-bond acceptors (Lipinski definition) is 3. The summed E-state index contributed by atoms with van der Waals surface area (Å²) in [6.45, 7) is 0.440. The van der Waals surface area contributed by atoms with Crippen LogP contribution in [0.2, 0.25) is 0 Å². The molecule has 1 N–H and O–H groups in total. The van der Waals surface area contributed by atoms with E-state index in [1.165, 1.54) is 0 Å². The molecule has 2 rings (SSSR count). The highest BCUT2D eigenvalue weighted by molar-refractivity contribution is 5.62. The normalized spacial score (nSPS) is 15.1. The Morgan fingerprint density at radius 3 is 2.50 bits per heavy atom. The van der Waals surface area contributed by atoms with Crippen LogP contribution in [0, 0.1) is 0 Å². The number of aldehydes is 1. The lowest BCUT2D eigenvalue weighted by atomic mass is 10.2. The highest BCUT2D eigenvalue weighted by Gasteiger charge is 2.28. The van der Waals surface area contributed by atoms with Gasteiger partial charge in [-0.15, -0.1) is 0 Å². The van der Waals surface area contributed by atoms with Gasteiger partial charge >= 0.3 is 0 Å². The van der Waals surface area contributed by atoms with Crippen molar-refractivity contribution in [3.63, 3.8) is 0 Å². The summed E-state index contributed by atoms with van der Waals surface area (Å²) in [5.41, 5.74) is 1.01. The van der Waals surface area contributed by atoms with Crippen LogP contribution in [0.5, 0.6) is 5.75 Å². The molecule has 1 aliphatic carbocycles. The van der Waals surface area contributed by atoms with Crippen LogP contribution >= 0.6 is 0 Å². The molecule has 3 heteroatoms. The third-order valence-electron chi connectivity index (χ3n) is 2.44. The minimum Gasteiger partial charge on any atom is -0.508 e. The monoisotopic (exact) mass is 191 g/mol. The van der Waals surface area contributed by atoms with E-state index in [4.69, 9.17) is 5.11 Å². The molecule has 1 saturated carbocycles. The summed E-state index contributed by atoms with van der Waals surface area (Å²) in [7, 11) is 0. The second kappa shape index (κ2) is 3.70. The zero-order chi connectivity index (χ0) is 9.97. The molecule has 0 aromatic heterocycles. The van der Waals surface area contributed by atoms with Gasteiger partial charge in [0, 0.05) is 11.7 Å². The van der Waals surface area contributed by atoms with Crippen molar-refractivity contribution in [2.75, 3.05) is 11.4 Å². The van der Waals surface area contributed by atoms with Gasteiger partial charge in [-0.05, 0) is 37.1 Å². The van der Waals surface area contributed by atoms with Crippen LogP contribution in [0.15, 0.2) is 24.3 Å². The third kappa shape index (κ3) is 1.87. The number of carbonyl (C=O) groups excluding carboxylic acids is 1. The summed E-state index contributed by atoms with van der Waals surface area (Å²) in [5.74, 6) is 0.260. The summed E-state index contributed by atoms with van der Waals surface area (Å²) in [4.78, 5) is 12.6. The number of phenols is 1. The van der Waals surface area contributed by atoms with E-state index in [2.05, 4.69) is 4.90 Å². The van der Waals surface area contributed by atoms with Gasteiger partial charge in [0.05, 0.1) is 6.54 Å². The molecule has 0 amide bonds. The van der Waals surface area contributed by atoms with Crippen LogP contribution in [-0.4, -0.2) is 24.0 Å². The first-order valence-corrected chi connectivity index (χ1v) is 4.80. The first-order chi connectivity index (χ1) is 6.81. The minimum atomic E-state index is 0.260. The molecule has 3 nitrogen and oxygen atoms in total. The maximum Gasteiger partial charge on any atom is 0.139 e. The van der Waals surface area contributed by atoms with Gasteiger partial charge in [0.2, 0.25) is 0 Å². The summed E-state index contributed by atoms with van der Waals surface area (Å²) >= 11 is 0. The Bertz CT molecular complexity index is 317. The second-order valence-electron chi connectivity index (χ2n) is 3.57. The fraction of sp³-hybridized carbons (Fsp3) is 0.364. The lowest BCUT2D eigenvalue weighted by Crippen LogP contribution is -2.27. The number of rotatable bonds is 4. The van der Waals surface area contributed by atoms with Crippen molar-refractivity contribution in [3.05, 3.63) is 24.3 Å². The zero-order valence-corrected chi connectivity index (χ0v) is 7.89. The van der Waals surface area contributed by atoms with Crippen molar-refractivity contribution in [3.8, 4) is 5.75 Å². The Hall–Kier alpha value is -1.51. The number of hydrogen-bond donors (Lipinski definition) is 1. The topological polar surface area (TPSA) is 40.5 Å². The molecule has 1 aromatic rings. The SMILES string of the molecule is O=CCN(c1ccc(O)cc1)C1CC1. The van der Waals surface area contributed by atoms with E-state index < -0.39 is 0 Å². The molecule has 0 radical (unpaired) electrons. The van der Waals surface area contributed by atoms with Crippen LogP contribution in [0.1, 0.15) is 12.8 Å². The van der Waals surface area contributed by atoms with E-state index >= 15 is 0 Å². The number of anilines is 1. The molecule has 14 heavy (non-hydrogen) atoms. The van der Waals surface area contributed by atoms with Crippen molar-refractivity contribution < 1.29 is 9.90 Å². The lowest BCUT2D eigenvalue weighted by Gasteiger charge is -2.21. The first-order valence-electron chi connectivity index (χ1n) is 4.80. The predicted octanol–water partition coefficient (Wildman–Crippen LogP) is 1.56. The predicted molar refractivity (Wildman–Crippen MR) is 54.5 cm³/mol. The molecule has 0 spiro atoms. The van der Waals surface area contributed by atoms with Crippen molar-refractivity contribution in [1.82, 2.24) is 0 Å². The molecule has 74 valence electrons. The number of nitrogens with zero attached hydrogens (tertiary/aromatic N) is 1. The molecular formula is C11H13NO2. The minimum absolute atomic E-state index is 0.260. The Labute approximate surface area is 83.0 Å². The largest absolute Gasteiger partial charge is 0.508 e. The van der Waals surface area contributed by atoms with Crippen molar-refractivity contribution in [2.24, 2.45) is 0 Å². The van der Waals surface area contributed by atoms with Gasteiger partial charge in [-0.3, -0.25) is 0 Å². The molecule has 1 aromatic carbocycles. The molecule has 0 atom stereocenters. The molecule has 1 fully saturated rings. The van der Waals surface area contributed by atoms with Gasteiger partial charge in [-0.1, -0.05) is 0 Å². The molecule has 0 unspecified atom stereocenters. The van der Waals surface area contributed by atoms with Crippen LogP contribution in [-0.2, 0) is 4.79 Å². The van der Waals surface area contributed by atoms with E-state index in [0.29, 0.717) is 12.6 Å². The standard InChI is InChI=1S/C11H13NO2/c13-8-7-12(9-1-2-9)10-3-5-11(14)6-4-10/h3-6,8-9,14H,1-2,7H2. The lowest BCUT2D eigenvalue weighted by molar-refractivity contribution is -0.106. The van der Waals surface area contributed by atoms with Gasteiger partial charge in [-0.2, -0.15) is 0 Å². The summed E-state index contributed by atoms with van der Waals surface area (Å²) in [6.07, 6.45) is 3.24. The Morgan fingerprint density at radius 1 is 1.36 bits per heavy atom. The van der Waals surface area contributed by atoms with E-state index in [9.17, 15) is 4.79 Å². The van der Waals surface area contributed by atoms with Crippen molar-refractivity contribution in [2.45, 2.75) is 18.9 Å². The van der Waals surface area contributed by atoms with E-state index in [0.717, 1.165) is 24.8 Å². The Kier molecular flexibility index (Phi) is 2.39.